The number of nitrogens with one attached hydrogen (secondary N) is 1. The van der Waals surface area contributed by atoms with Crippen LogP contribution in [0.25, 0.3) is 10.4 Å². The maximum absolute atomic E-state index is 8.00. The quantitative estimate of drug-likeness (QED) is 0.215. The number of hydrogen-bond acceptors (Lipinski definition) is 2. The molecule has 0 bridgehead atoms. The second-order valence-electron chi connectivity index (χ2n) is 0.100. The maximum atomic E-state index is 8.00. The Morgan fingerprint density at radius 2 is 1.80 bits per heavy atom. The first kappa shape index (κ1) is 8.82. The van der Waals surface area contributed by atoms with E-state index in [1.807, 2.05) is 15.9 Å². The second-order valence-corrected chi connectivity index (χ2v) is 0.100. The fourth-order valence-electron chi connectivity index (χ4n) is 0. The van der Waals surface area contributed by atoms with E-state index in [4.69, 9.17) is 14.9 Å². The van der Waals surface area contributed by atoms with Crippen molar-refractivity contribution in [2.45, 2.75) is 0 Å². The van der Waals surface area contributed by atoms with Gasteiger partial charge in [0, 0.05) is 0 Å². The van der Waals surface area contributed by atoms with Gasteiger partial charge >= 0.3 is 19.8 Å². The van der Waals surface area contributed by atoms with E-state index in [0.717, 1.165) is 0 Å². The Morgan fingerprint density at radius 3 is 1.80 bits per heavy atom. The van der Waals surface area contributed by atoms with Crippen molar-refractivity contribution in [1.82, 2.24) is 0 Å². The monoisotopic (exact) mass is 115 g/mol. The molecule has 5 heteroatoms. The minimum absolute atomic E-state index is 1.75. The molecular formula is HFeN3O. The summed E-state index contributed by atoms with van der Waals surface area (Å²) >= 11 is 2.00. The molecule has 0 aromatic heterocycles. The molecule has 0 heterocycles. The van der Waals surface area contributed by atoms with E-state index in [2.05, 4.69) is 0 Å². The molecule has 0 aliphatic rings. The van der Waals surface area contributed by atoms with Crippen LogP contribution in [0, 0.1) is 5.53 Å². The van der Waals surface area contributed by atoms with Crippen molar-refractivity contribution in [2.24, 2.45) is 0 Å². The number of nitrogens with zero attached hydrogens (tertiary/aromatic N) is 2. The predicted octanol–water partition coefficient (Wildman–Crippen LogP) is 0.754. The van der Waals surface area contributed by atoms with Crippen LogP contribution in [0.4, 0.5) is 0 Å². The van der Waals surface area contributed by atoms with Gasteiger partial charge < -0.3 is 0 Å². The molecule has 4 nitrogen and oxygen atoms in total. The fourth-order valence-corrected chi connectivity index (χ4v) is 0. The van der Waals surface area contributed by atoms with Gasteiger partial charge in [-0.05, 0) is 10.4 Å². The van der Waals surface area contributed by atoms with Gasteiger partial charge in [0.15, 0.2) is 0 Å². The van der Waals surface area contributed by atoms with Gasteiger partial charge in [-0.25, -0.2) is 0 Å². The Balaban J connectivity index is 0. The van der Waals surface area contributed by atoms with E-state index in [-0.39, 0.29) is 0 Å². The summed E-state index contributed by atoms with van der Waals surface area (Å²) in [7, 11) is 0. The molecule has 0 aliphatic heterocycles. The Kier molecular flexibility index (Phi) is 112. The van der Waals surface area contributed by atoms with Crippen molar-refractivity contribution in [3.8, 4) is 0 Å². The normalized spacial score (nSPS) is 2.60. The molecule has 0 fully saturated rings. The molecule has 0 amide bonds. The van der Waals surface area contributed by atoms with Crippen LogP contribution >= 0.6 is 0 Å². The van der Waals surface area contributed by atoms with Crippen molar-refractivity contribution in [3.05, 3.63) is 10.4 Å². The molecule has 0 atom stereocenters. The van der Waals surface area contributed by atoms with Gasteiger partial charge in [0.05, 0.1) is 0 Å². The van der Waals surface area contributed by atoms with Crippen molar-refractivity contribution in [2.75, 3.05) is 0 Å². The first-order chi connectivity index (χ1) is 2.41. The summed E-state index contributed by atoms with van der Waals surface area (Å²) in [6, 6.07) is 0. The van der Waals surface area contributed by atoms with Gasteiger partial charge in [-0.3, -0.25) is 0 Å². The zero-order chi connectivity index (χ0) is 4.71. The van der Waals surface area contributed by atoms with E-state index < -0.39 is 0 Å². The number of rotatable bonds is 0. The molecule has 30 valence electrons. The molecule has 0 aromatic carbocycles. The molecule has 5 heavy (non-hydrogen) atoms. The van der Waals surface area contributed by atoms with Gasteiger partial charge in [0.1, 0.15) is 0 Å². The summed E-state index contributed by atoms with van der Waals surface area (Å²) in [6.45, 7) is 0. The van der Waals surface area contributed by atoms with Crippen LogP contribution < -0.4 is 0 Å². The van der Waals surface area contributed by atoms with Crippen LogP contribution in [0.3, 0.4) is 0 Å². The molecule has 0 spiro atoms. The van der Waals surface area contributed by atoms with E-state index in [9.17, 15) is 0 Å². The minimum atomic E-state index is 1.75. The van der Waals surface area contributed by atoms with Crippen LogP contribution in [0.2, 0.25) is 0 Å². The summed E-state index contributed by atoms with van der Waals surface area (Å²) < 4.78 is 8.00. The topological polar surface area (TPSA) is 77.3 Å². The van der Waals surface area contributed by atoms with Crippen LogP contribution in [0.15, 0.2) is 0 Å². The molecular weight excluding hydrogens is 114 g/mol. The van der Waals surface area contributed by atoms with Gasteiger partial charge in [-0.2, -0.15) is 0 Å². The molecule has 0 radical (unpaired) electrons. The first-order valence-electron chi connectivity index (χ1n) is 0.568. The van der Waals surface area contributed by atoms with Crippen LogP contribution in [0.5, 0.6) is 0 Å². The zero-order valence-corrected chi connectivity index (χ0v) is 3.26. The van der Waals surface area contributed by atoms with Crippen LogP contribution in [-0.2, 0) is 19.8 Å². The van der Waals surface area contributed by atoms with Gasteiger partial charge in [0.2, 0.25) is 0 Å². The predicted molar refractivity (Wildman–Crippen MR) is 10.1 cm³/mol. The average Bonchev–Trinajstić information content (AvgIpc) is 1.46. The summed E-state index contributed by atoms with van der Waals surface area (Å²) in [5, 5.41) is 0. The molecule has 0 aliphatic carbocycles. The van der Waals surface area contributed by atoms with E-state index >= 15 is 0 Å². The van der Waals surface area contributed by atoms with Gasteiger partial charge in [-0.1, -0.05) is 0 Å². The molecule has 0 rings (SSSR count). The Morgan fingerprint density at radius 1 is 1.80 bits per heavy atom. The van der Waals surface area contributed by atoms with Gasteiger partial charge in [0.25, 0.3) is 0 Å². The van der Waals surface area contributed by atoms with Crippen molar-refractivity contribution in [3.63, 3.8) is 0 Å². The van der Waals surface area contributed by atoms with Crippen molar-refractivity contribution in [1.29, 1.82) is 5.53 Å². The van der Waals surface area contributed by atoms with Crippen molar-refractivity contribution >= 4 is 0 Å². The summed E-state index contributed by atoms with van der Waals surface area (Å²) in [5.41, 5.74) is 12.2. The first-order valence-corrected chi connectivity index (χ1v) is 1.02. The third-order valence-electron chi connectivity index (χ3n) is 0. The average molecular weight is 115 g/mol. The molecule has 0 aromatic rings. The summed E-state index contributed by atoms with van der Waals surface area (Å²) in [5.74, 6) is 0. The van der Waals surface area contributed by atoms with Crippen LogP contribution in [-0.4, -0.2) is 0 Å². The Hall–Kier alpha value is -0.371. The SMILES string of the molecule is [N-]=[N+]=N.[O]=[Fe]. The van der Waals surface area contributed by atoms with E-state index in [0.29, 0.717) is 0 Å². The summed E-state index contributed by atoms with van der Waals surface area (Å²) in [6.07, 6.45) is 0. The number of hydrogen-bond donors (Lipinski definition) is 1. The van der Waals surface area contributed by atoms with E-state index in [1.54, 1.807) is 4.91 Å². The molecule has 0 saturated heterocycles. The second kappa shape index (κ2) is 63.3. The molecule has 0 saturated carbocycles. The van der Waals surface area contributed by atoms with Gasteiger partial charge in [-0.15, -0.1) is 5.53 Å². The molecule has 1 N–H and O–H groups in total. The van der Waals surface area contributed by atoms with Crippen LogP contribution in [0.1, 0.15) is 0 Å². The Bertz CT molecular complexity index is 36.2. The fraction of sp³-hybridized carbons (Fsp3) is 0. The van der Waals surface area contributed by atoms with Crippen molar-refractivity contribution < 1.29 is 19.8 Å². The van der Waals surface area contributed by atoms with E-state index in [1.165, 1.54) is 0 Å². The third kappa shape index (κ3) is 70.2. The summed E-state index contributed by atoms with van der Waals surface area (Å²) in [4.78, 5) is 1.75. The zero-order valence-electron chi connectivity index (χ0n) is 2.16. The third-order valence-corrected chi connectivity index (χ3v) is 0. The Labute approximate surface area is 36.6 Å². The standard InChI is InChI=1S/Fe.HN3.O/c;1-3-2;/h;1H;. The molecule has 0 unspecified atom stereocenters.